The predicted molar refractivity (Wildman–Crippen MR) is 153 cm³/mol. The molecule has 1 fully saturated rings. The minimum atomic E-state index is -1.04. The molecule has 9 nitrogen and oxygen atoms in total. The standard InChI is InChI=1S/C32H33N3O6/c1-38-25-12-8-23(9-13-25)32(22-6-4-3-5-7-22,24-10-14-26(39-2)15-11-24)40-21-28-27(36)20-30(41-28)35-18-16-29-33-17-19-34(29)31(35)37/h3-16,18,27-28,30,36H,17,19-21H2,1-2H3/t27-,28+,30+/m0/s1. The Bertz CT molecular complexity index is 1380. The molecule has 0 saturated carbocycles. The van der Waals surface area contributed by atoms with Gasteiger partial charge in [-0.05, 0) is 47.0 Å². The summed E-state index contributed by atoms with van der Waals surface area (Å²) in [5, 5.41) is 11.1. The van der Waals surface area contributed by atoms with Gasteiger partial charge >= 0.3 is 6.03 Å². The molecule has 41 heavy (non-hydrogen) atoms. The summed E-state index contributed by atoms with van der Waals surface area (Å²) in [7, 11) is 3.27. The van der Waals surface area contributed by atoms with E-state index < -0.39 is 24.0 Å². The third kappa shape index (κ3) is 4.97. The van der Waals surface area contributed by atoms with E-state index in [4.69, 9.17) is 18.9 Å². The molecule has 3 aliphatic heterocycles. The first-order valence-electron chi connectivity index (χ1n) is 13.7. The highest BCUT2D eigenvalue weighted by Gasteiger charge is 2.44. The highest BCUT2D eigenvalue weighted by atomic mass is 16.6. The normalized spacial score (nSPS) is 22.1. The molecule has 2 amide bonds. The minimum Gasteiger partial charge on any atom is -0.497 e. The lowest BCUT2D eigenvalue weighted by Crippen LogP contribution is -2.49. The van der Waals surface area contributed by atoms with Crippen molar-refractivity contribution in [2.24, 2.45) is 4.99 Å². The number of aliphatic imine (C=N–C) groups is 1. The molecule has 0 aromatic heterocycles. The van der Waals surface area contributed by atoms with Crippen molar-refractivity contribution in [2.45, 2.75) is 30.5 Å². The Morgan fingerprint density at radius 2 is 1.54 bits per heavy atom. The quantitative estimate of drug-likeness (QED) is 0.399. The molecule has 9 heteroatoms. The molecule has 0 radical (unpaired) electrons. The Balaban J connectivity index is 1.33. The number of aliphatic hydroxyl groups is 1. The minimum absolute atomic E-state index is 0.0762. The molecule has 1 saturated heterocycles. The van der Waals surface area contributed by atoms with E-state index in [1.54, 1.807) is 25.3 Å². The molecular formula is C32H33N3O6. The summed E-state index contributed by atoms with van der Waals surface area (Å²) in [5.74, 6) is 2.12. The van der Waals surface area contributed by atoms with E-state index >= 15 is 0 Å². The second kappa shape index (κ2) is 11.4. The average Bonchev–Trinajstić information content (AvgIpc) is 3.66. The van der Waals surface area contributed by atoms with Crippen LogP contribution in [0, 0.1) is 0 Å². The highest BCUT2D eigenvalue weighted by molar-refractivity contribution is 6.07. The van der Waals surface area contributed by atoms with E-state index in [0.29, 0.717) is 18.9 Å². The molecule has 3 heterocycles. The van der Waals surface area contributed by atoms with E-state index in [1.165, 1.54) is 4.90 Å². The Kier molecular flexibility index (Phi) is 7.49. The van der Waals surface area contributed by atoms with Crippen LogP contribution in [-0.2, 0) is 15.1 Å². The van der Waals surface area contributed by atoms with Gasteiger partial charge in [0.25, 0.3) is 0 Å². The van der Waals surface area contributed by atoms with E-state index in [2.05, 4.69) is 4.99 Å². The fraction of sp³-hybridized carbons (Fsp3) is 0.312. The van der Waals surface area contributed by atoms with Crippen molar-refractivity contribution >= 4 is 11.9 Å². The SMILES string of the molecule is COc1ccc(C(OC[C@H]2O[C@@H](N3C=CC4=NCCN4C3=O)C[C@@H]2O)(c2ccccc2)c2ccc(OC)cc2)cc1. The smallest absolute Gasteiger partial charge is 0.331 e. The Hall–Kier alpha value is -4.18. The number of aliphatic hydroxyl groups excluding tert-OH is 1. The van der Waals surface area contributed by atoms with Gasteiger partial charge in [-0.25, -0.2) is 4.79 Å². The first-order valence-corrected chi connectivity index (χ1v) is 13.7. The summed E-state index contributed by atoms with van der Waals surface area (Å²) in [6, 6.07) is 25.3. The Morgan fingerprint density at radius 3 is 2.15 bits per heavy atom. The summed E-state index contributed by atoms with van der Waals surface area (Å²) in [6.45, 7) is 1.20. The van der Waals surface area contributed by atoms with Gasteiger partial charge in [-0.1, -0.05) is 54.6 Å². The number of benzene rings is 3. The first-order chi connectivity index (χ1) is 20.0. The van der Waals surface area contributed by atoms with Gasteiger partial charge in [0.05, 0.1) is 33.5 Å². The fourth-order valence-electron chi connectivity index (χ4n) is 5.69. The van der Waals surface area contributed by atoms with Crippen molar-refractivity contribution in [2.75, 3.05) is 33.9 Å². The van der Waals surface area contributed by atoms with Crippen LogP contribution in [0.1, 0.15) is 23.1 Å². The van der Waals surface area contributed by atoms with Crippen LogP contribution in [0.4, 0.5) is 4.79 Å². The summed E-state index contributed by atoms with van der Waals surface area (Å²) >= 11 is 0. The number of rotatable bonds is 9. The van der Waals surface area contributed by atoms with E-state index in [-0.39, 0.29) is 19.1 Å². The van der Waals surface area contributed by atoms with Crippen molar-refractivity contribution < 1.29 is 28.8 Å². The third-order valence-corrected chi connectivity index (χ3v) is 7.86. The van der Waals surface area contributed by atoms with Crippen LogP contribution < -0.4 is 9.47 Å². The maximum Gasteiger partial charge on any atom is 0.331 e. The molecule has 0 aliphatic carbocycles. The molecule has 3 aromatic carbocycles. The summed E-state index contributed by atoms with van der Waals surface area (Å²) < 4.78 is 24.0. The molecule has 3 atom stereocenters. The largest absolute Gasteiger partial charge is 0.497 e. The lowest BCUT2D eigenvalue weighted by Gasteiger charge is -2.37. The summed E-state index contributed by atoms with van der Waals surface area (Å²) in [4.78, 5) is 20.6. The van der Waals surface area contributed by atoms with Crippen LogP contribution in [-0.4, -0.2) is 79.1 Å². The zero-order valence-corrected chi connectivity index (χ0v) is 23.1. The molecule has 3 aliphatic rings. The fourth-order valence-corrected chi connectivity index (χ4v) is 5.69. The number of hydrogen-bond donors (Lipinski definition) is 1. The number of amidine groups is 1. The lowest BCUT2D eigenvalue weighted by atomic mass is 9.80. The predicted octanol–water partition coefficient (Wildman–Crippen LogP) is 4.15. The van der Waals surface area contributed by atoms with Crippen molar-refractivity contribution in [3.05, 3.63) is 108 Å². The summed E-state index contributed by atoms with van der Waals surface area (Å²) in [5.41, 5.74) is 1.64. The molecule has 0 bridgehead atoms. The average molecular weight is 556 g/mol. The van der Waals surface area contributed by atoms with E-state index in [9.17, 15) is 9.90 Å². The number of carbonyl (C=O) groups is 1. The number of amides is 2. The molecule has 6 rings (SSSR count). The molecule has 0 spiro atoms. The van der Waals surface area contributed by atoms with Crippen LogP contribution in [0.5, 0.6) is 11.5 Å². The van der Waals surface area contributed by atoms with Crippen LogP contribution in [0.3, 0.4) is 0 Å². The van der Waals surface area contributed by atoms with E-state index in [0.717, 1.165) is 28.2 Å². The third-order valence-electron chi connectivity index (χ3n) is 7.86. The van der Waals surface area contributed by atoms with Crippen molar-refractivity contribution in [1.82, 2.24) is 9.80 Å². The van der Waals surface area contributed by atoms with Crippen LogP contribution >= 0.6 is 0 Å². The number of hydrogen-bond acceptors (Lipinski definition) is 7. The van der Waals surface area contributed by atoms with Gasteiger partial charge in [0.15, 0.2) is 0 Å². The Morgan fingerprint density at radius 1 is 0.927 bits per heavy atom. The topological polar surface area (TPSA) is 93.1 Å². The van der Waals surface area contributed by atoms with Crippen LogP contribution in [0.25, 0.3) is 0 Å². The van der Waals surface area contributed by atoms with Gasteiger partial charge in [0, 0.05) is 19.2 Å². The zero-order valence-electron chi connectivity index (χ0n) is 23.1. The first kappa shape index (κ1) is 27.0. The number of ether oxygens (including phenoxy) is 4. The molecular weight excluding hydrogens is 522 g/mol. The van der Waals surface area contributed by atoms with Crippen LogP contribution in [0.15, 0.2) is 96.1 Å². The lowest BCUT2D eigenvalue weighted by molar-refractivity contribution is -0.0981. The second-order valence-electron chi connectivity index (χ2n) is 10.1. The number of fused-ring (bicyclic) bond motifs is 1. The van der Waals surface area contributed by atoms with Gasteiger partial charge in [-0.2, -0.15) is 0 Å². The molecule has 3 aromatic rings. The number of nitrogens with zero attached hydrogens (tertiary/aromatic N) is 3. The van der Waals surface area contributed by atoms with Gasteiger partial charge < -0.3 is 24.1 Å². The van der Waals surface area contributed by atoms with Crippen LogP contribution in [0.2, 0.25) is 0 Å². The van der Waals surface area contributed by atoms with E-state index in [1.807, 2.05) is 84.9 Å². The monoisotopic (exact) mass is 555 g/mol. The number of methoxy groups -OCH3 is 2. The summed E-state index contributed by atoms with van der Waals surface area (Å²) in [6.07, 6.45) is 1.67. The van der Waals surface area contributed by atoms with Gasteiger partial charge in [0.1, 0.15) is 35.3 Å². The highest BCUT2D eigenvalue weighted by Crippen LogP contribution is 2.42. The van der Waals surface area contributed by atoms with Crippen molar-refractivity contribution in [3.8, 4) is 11.5 Å². The van der Waals surface area contributed by atoms with Gasteiger partial charge in [-0.15, -0.1) is 0 Å². The van der Waals surface area contributed by atoms with Crippen molar-refractivity contribution in [3.63, 3.8) is 0 Å². The number of carbonyl (C=O) groups excluding carboxylic acids is 1. The molecule has 1 N–H and O–H groups in total. The van der Waals surface area contributed by atoms with Gasteiger partial charge in [-0.3, -0.25) is 14.8 Å². The second-order valence-corrected chi connectivity index (χ2v) is 10.1. The molecule has 0 unspecified atom stereocenters. The maximum atomic E-state index is 13.1. The zero-order chi connectivity index (χ0) is 28.4. The number of urea groups is 1. The molecule has 212 valence electrons. The van der Waals surface area contributed by atoms with Gasteiger partial charge in [0.2, 0.25) is 0 Å². The maximum absolute atomic E-state index is 13.1. The van der Waals surface area contributed by atoms with Crippen molar-refractivity contribution in [1.29, 1.82) is 0 Å². The Labute approximate surface area is 239 Å².